The lowest BCUT2D eigenvalue weighted by Crippen LogP contribution is -2.53. The number of ether oxygens (including phenoxy) is 1. The van der Waals surface area contributed by atoms with Crippen LogP contribution < -0.4 is 10.6 Å². The second-order valence-corrected chi connectivity index (χ2v) is 5.86. The first-order valence-electron chi connectivity index (χ1n) is 8.14. The minimum atomic E-state index is -0.719. The number of hydrogen-bond donors (Lipinski definition) is 2. The number of rotatable bonds is 7. The van der Waals surface area contributed by atoms with Crippen LogP contribution in [0, 0.1) is 0 Å². The number of nitrogens with zero attached hydrogens (tertiary/aromatic N) is 1. The van der Waals surface area contributed by atoms with Crippen LogP contribution in [-0.2, 0) is 16.1 Å². The second-order valence-electron chi connectivity index (χ2n) is 5.86. The maximum absolute atomic E-state index is 12.5. The number of methoxy groups -OCH3 is 1. The predicted octanol–water partition coefficient (Wildman–Crippen LogP) is 2.38. The van der Waals surface area contributed by atoms with Crippen molar-refractivity contribution < 1.29 is 14.1 Å². The molecule has 2 N–H and O–H groups in total. The number of halogens is 1. The van der Waals surface area contributed by atoms with Gasteiger partial charge in [-0.05, 0) is 38.8 Å². The van der Waals surface area contributed by atoms with Crippen molar-refractivity contribution in [3.05, 3.63) is 17.5 Å². The summed E-state index contributed by atoms with van der Waals surface area (Å²) in [6, 6.07) is 1.94. The van der Waals surface area contributed by atoms with Crippen molar-refractivity contribution in [2.45, 2.75) is 57.6 Å². The van der Waals surface area contributed by atoms with Gasteiger partial charge in [-0.1, -0.05) is 19.0 Å². The molecule has 0 bridgehead atoms. The molecule has 0 unspecified atom stereocenters. The molecule has 7 heteroatoms. The smallest absolute Gasteiger partial charge is 0.252 e. The second kappa shape index (κ2) is 9.25. The number of nitrogens with one attached hydrogen (secondary N) is 2. The van der Waals surface area contributed by atoms with Crippen molar-refractivity contribution in [2.75, 3.05) is 20.2 Å². The van der Waals surface area contributed by atoms with E-state index in [1.165, 1.54) is 0 Å². The van der Waals surface area contributed by atoms with Crippen LogP contribution in [0.3, 0.4) is 0 Å². The number of piperidine rings is 1. The van der Waals surface area contributed by atoms with Gasteiger partial charge in [0.2, 0.25) is 0 Å². The first kappa shape index (κ1) is 19.9. The summed E-state index contributed by atoms with van der Waals surface area (Å²) in [6.07, 6.45) is 3.44. The molecule has 0 radical (unpaired) electrons. The summed E-state index contributed by atoms with van der Waals surface area (Å²) in [5.41, 5.74) is 0.251. The van der Waals surface area contributed by atoms with Crippen LogP contribution in [0.25, 0.3) is 0 Å². The van der Waals surface area contributed by atoms with Gasteiger partial charge in [-0.3, -0.25) is 4.79 Å². The standard InChI is InChI=1S/C16H27N3O3.ClH/c1-4-12(5-2)14-10-13(22-19-14)11-18-15(20)16(21-3)6-8-17-9-7-16;/h10,12,17H,4-9,11H2,1-3H3,(H,18,20);1H. The fourth-order valence-corrected chi connectivity index (χ4v) is 2.99. The highest BCUT2D eigenvalue weighted by atomic mass is 35.5. The Morgan fingerprint density at radius 1 is 1.43 bits per heavy atom. The fraction of sp³-hybridized carbons (Fsp3) is 0.750. The van der Waals surface area contributed by atoms with E-state index in [0.717, 1.165) is 31.6 Å². The number of carbonyl (C=O) groups is 1. The number of hydrogen-bond acceptors (Lipinski definition) is 5. The van der Waals surface area contributed by atoms with E-state index in [0.29, 0.717) is 31.1 Å². The highest BCUT2D eigenvalue weighted by Gasteiger charge is 2.39. The quantitative estimate of drug-likeness (QED) is 0.793. The molecule has 1 amide bonds. The summed E-state index contributed by atoms with van der Waals surface area (Å²) in [6.45, 7) is 6.23. The lowest BCUT2D eigenvalue weighted by atomic mass is 9.91. The molecule has 1 fully saturated rings. The zero-order chi connectivity index (χ0) is 16.0. The first-order valence-corrected chi connectivity index (χ1v) is 8.14. The monoisotopic (exact) mass is 345 g/mol. The fourth-order valence-electron chi connectivity index (χ4n) is 2.99. The molecule has 132 valence electrons. The van der Waals surface area contributed by atoms with E-state index in [-0.39, 0.29) is 18.3 Å². The van der Waals surface area contributed by atoms with Gasteiger partial charge < -0.3 is 19.9 Å². The van der Waals surface area contributed by atoms with E-state index in [1.54, 1.807) is 7.11 Å². The van der Waals surface area contributed by atoms with E-state index in [9.17, 15) is 4.79 Å². The minimum Gasteiger partial charge on any atom is -0.368 e. The molecule has 0 saturated carbocycles. The molecule has 1 aromatic heterocycles. The van der Waals surface area contributed by atoms with Crippen molar-refractivity contribution in [3.8, 4) is 0 Å². The van der Waals surface area contributed by atoms with Crippen molar-refractivity contribution >= 4 is 18.3 Å². The third-order valence-electron chi connectivity index (χ3n) is 4.62. The molecular weight excluding hydrogens is 318 g/mol. The summed E-state index contributed by atoms with van der Waals surface area (Å²) >= 11 is 0. The van der Waals surface area contributed by atoms with Gasteiger partial charge in [-0.25, -0.2) is 0 Å². The molecule has 1 aliphatic heterocycles. The summed E-state index contributed by atoms with van der Waals surface area (Å²) in [7, 11) is 1.60. The summed E-state index contributed by atoms with van der Waals surface area (Å²) < 4.78 is 10.8. The highest BCUT2D eigenvalue weighted by molar-refractivity contribution is 5.85. The molecule has 0 atom stereocenters. The number of amides is 1. The molecule has 0 aromatic carbocycles. The largest absolute Gasteiger partial charge is 0.368 e. The summed E-state index contributed by atoms with van der Waals surface area (Å²) in [5.74, 6) is 1.04. The molecule has 1 saturated heterocycles. The molecule has 6 nitrogen and oxygen atoms in total. The van der Waals surface area contributed by atoms with E-state index < -0.39 is 5.60 Å². The lowest BCUT2D eigenvalue weighted by molar-refractivity contribution is -0.147. The Morgan fingerprint density at radius 3 is 2.65 bits per heavy atom. The van der Waals surface area contributed by atoms with Crippen LogP contribution in [0.4, 0.5) is 0 Å². The molecule has 1 aliphatic rings. The van der Waals surface area contributed by atoms with E-state index >= 15 is 0 Å². The minimum absolute atomic E-state index is 0. The average molecular weight is 346 g/mol. The van der Waals surface area contributed by atoms with Gasteiger partial charge in [-0.2, -0.15) is 0 Å². The maximum atomic E-state index is 12.5. The van der Waals surface area contributed by atoms with Crippen molar-refractivity contribution in [1.29, 1.82) is 0 Å². The van der Waals surface area contributed by atoms with Gasteiger partial charge in [0.25, 0.3) is 5.91 Å². The number of carbonyl (C=O) groups excluding carboxylic acids is 1. The molecule has 2 rings (SSSR count). The third kappa shape index (κ3) is 4.68. The Kier molecular flexibility index (Phi) is 8.02. The molecule has 1 aromatic rings. The molecular formula is C16H28ClN3O3. The SMILES string of the molecule is CCC(CC)c1cc(CNC(=O)C2(OC)CCNCC2)on1.Cl. The van der Waals surface area contributed by atoms with Crippen LogP contribution in [0.2, 0.25) is 0 Å². The number of aromatic nitrogens is 1. The maximum Gasteiger partial charge on any atom is 0.252 e. The van der Waals surface area contributed by atoms with Gasteiger partial charge in [0.1, 0.15) is 5.60 Å². The molecule has 0 spiro atoms. The van der Waals surface area contributed by atoms with Crippen LogP contribution in [0.15, 0.2) is 10.6 Å². The van der Waals surface area contributed by atoms with Gasteiger partial charge in [-0.15, -0.1) is 12.4 Å². The lowest BCUT2D eigenvalue weighted by Gasteiger charge is -2.34. The van der Waals surface area contributed by atoms with Crippen LogP contribution in [0.5, 0.6) is 0 Å². The van der Waals surface area contributed by atoms with Crippen LogP contribution in [-0.4, -0.2) is 36.9 Å². The van der Waals surface area contributed by atoms with Gasteiger partial charge >= 0.3 is 0 Å². The Balaban J connectivity index is 0.00000264. The normalized spacial score (nSPS) is 16.9. The van der Waals surface area contributed by atoms with Crippen molar-refractivity contribution in [2.24, 2.45) is 0 Å². The van der Waals surface area contributed by atoms with E-state index in [2.05, 4.69) is 29.6 Å². The Hall–Kier alpha value is -1.11. The highest BCUT2D eigenvalue weighted by Crippen LogP contribution is 2.24. The van der Waals surface area contributed by atoms with Crippen molar-refractivity contribution in [3.63, 3.8) is 0 Å². The van der Waals surface area contributed by atoms with Crippen molar-refractivity contribution in [1.82, 2.24) is 15.8 Å². The van der Waals surface area contributed by atoms with Crippen LogP contribution >= 0.6 is 12.4 Å². The van der Waals surface area contributed by atoms with Crippen LogP contribution in [0.1, 0.15) is 56.9 Å². The van der Waals surface area contributed by atoms with E-state index in [1.807, 2.05) is 6.07 Å². The average Bonchev–Trinajstić information content (AvgIpc) is 3.03. The Bertz CT molecular complexity index is 483. The van der Waals surface area contributed by atoms with Gasteiger partial charge in [0, 0.05) is 19.1 Å². The topological polar surface area (TPSA) is 76.4 Å². The Labute approximate surface area is 144 Å². The zero-order valence-corrected chi connectivity index (χ0v) is 15.0. The van der Waals surface area contributed by atoms with E-state index in [4.69, 9.17) is 9.26 Å². The van der Waals surface area contributed by atoms with Gasteiger partial charge in [0.15, 0.2) is 5.76 Å². The summed E-state index contributed by atoms with van der Waals surface area (Å²) in [4.78, 5) is 12.5. The molecule has 0 aliphatic carbocycles. The third-order valence-corrected chi connectivity index (χ3v) is 4.62. The zero-order valence-electron chi connectivity index (χ0n) is 14.2. The summed E-state index contributed by atoms with van der Waals surface area (Å²) in [5, 5.41) is 10.3. The first-order chi connectivity index (χ1) is 10.6. The molecule has 2 heterocycles. The predicted molar refractivity (Wildman–Crippen MR) is 90.8 cm³/mol. The molecule has 23 heavy (non-hydrogen) atoms. The van der Waals surface area contributed by atoms with Gasteiger partial charge in [0.05, 0.1) is 12.2 Å². The Morgan fingerprint density at radius 2 is 2.09 bits per heavy atom.